The largest absolute Gasteiger partial charge is 0.0654 e. The predicted octanol–water partition coefficient (Wildman–Crippen LogP) is 9.90. The van der Waals surface area contributed by atoms with Crippen molar-refractivity contribution < 1.29 is 0 Å². The van der Waals surface area contributed by atoms with Gasteiger partial charge in [0.15, 0.2) is 0 Å². The molecule has 0 saturated heterocycles. The van der Waals surface area contributed by atoms with Crippen LogP contribution in [-0.2, 0) is 11.8 Å². The Morgan fingerprint density at radius 1 is 0.812 bits per heavy atom. The summed E-state index contributed by atoms with van der Waals surface area (Å²) in [6.07, 6.45) is 19.3. The summed E-state index contributed by atoms with van der Waals surface area (Å²) in [5.41, 5.74) is 9.64. The van der Waals surface area contributed by atoms with E-state index in [1.54, 1.807) is 5.57 Å². The highest BCUT2D eigenvalue weighted by atomic mass is 14.4. The van der Waals surface area contributed by atoms with E-state index < -0.39 is 0 Å². The lowest BCUT2D eigenvalue weighted by Crippen LogP contribution is -2.22. The van der Waals surface area contributed by atoms with E-state index >= 15 is 0 Å². The molecule has 2 aliphatic carbocycles. The van der Waals surface area contributed by atoms with Gasteiger partial charge in [-0.1, -0.05) is 127 Å². The van der Waals surface area contributed by atoms with Crippen molar-refractivity contribution >= 4 is 6.08 Å². The highest BCUT2D eigenvalue weighted by Crippen LogP contribution is 2.46. The third kappa shape index (κ3) is 5.38. The number of allylic oxidation sites excluding steroid dienone is 1. The molecule has 4 rings (SSSR count). The van der Waals surface area contributed by atoms with Crippen LogP contribution in [0.25, 0.3) is 17.2 Å². The number of hydrogen-bond acceptors (Lipinski definition) is 0. The standard InChI is InChI=1S/C32H44/c1-5-19-32(20-10-8-6-7-9-11-21-32)24-25-22-27-13-12-14-29(30(27)23-25)26-15-17-28(18-16-26)31(2,3)4/h12-18,23H,5-11,19-22,24H2,1-4H3. The van der Waals surface area contributed by atoms with Crippen molar-refractivity contribution in [3.8, 4) is 11.1 Å². The lowest BCUT2D eigenvalue weighted by Gasteiger charge is -2.34. The van der Waals surface area contributed by atoms with Gasteiger partial charge in [-0.25, -0.2) is 0 Å². The summed E-state index contributed by atoms with van der Waals surface area (Å²) in [4.78, 5) is 0. The Morgan fingerprint density at radius 2 is 1.47 bits per heavy atom. The van der Waals surface area contributed by atoms with Gasteiger partial charge in [0, 0.05) is 0 Å². The third-order valence-corrected chi connectivity index (χ3v) is 8.07. The molecule has 0 N–H and O–H groups in total. The van der Waals surface area contributed by atoms with Gasteiger partial charge in [-0.05, 0) is 70.8 Å². The Labute approximate surface area is 197 Å². The number of hydrogen-bond donors (Lipinski definition) is 0. The first-order valence-electron chi connectivity index (χ1n) is 13.3. The van der Waals surface area contributed by atoms with E-state index in [1.807, 2.05) is 0 Å². The van der Waals surface area contributed by atoms with Gasteiger partial charge in [-0.3, -0.25) is 0 Å². The molecule has 0 heterocycles. The minimum atomic E-state index is 0.203. The summed E-state index contributed by atoms with van der Waals surface area (Å²) in [7, 11) is 0. The van der Waals surface area contributed by atoms with Crippen LogP contribution in [0.1, 0.15) is 115 Å². The van der Waals surface area contributed by atoms with E-state index in [0.29, 0.717) is 5.41 Å². The molecule has 1 saturated carbocycles. The van der Waals surface area contributed by atoms with Crippen molar-refractivity contribution in [3.05, 3.63) is 64.7 Å². The number of rotatable bonds is 5. The van der Waals surface area contributed by atoms with Crippen LogP contribution < -0.4 is 0 Å². The minimum Gasteiger partial charge on any atom is -0.0654 e. The van der Waals surface area contributed by atoms with Crippen molar-refractivity contribution in [2.45, 2.75) is 110 Å². The topological polar surface area (TPSA) is 0 Å². The maximum absolute atomic E-state index is 2.58. The molecule has 0 radical (unpaired) electrons. The molecule has 32 heavy (non-hydrogen) atoms. The van der Waals surface area contributed by atoms with Crippen LogP contribution in [0.2, 0.25) is 0 Å². The van der Waals surface area contributed by atoms with Gasteiger partial charge in [-0.15, -0.1) is 0 Å². The van der Waals surface area contributed by atoms with Crippen LogP contribution in [0, 0.1) is 5.41 Å². The summed E-state index contributed by atoms with van der Waals surface area (Å²) in [6, 6.07) is 16.3. The second-order valence-corrected chi connectivity index (χ2v) is 11.7. The van der Waals surface area contributed by atoms with E-state index in [-0.39, 0.29) is 5.41 Å². The normalized spacial score (nSPS) is 18.9. The van der Waals surface area contributed by atoms with E-state index in [2.05, 4.69) is 76.2 Å². The van der Waals surface area contributed by atoms with Crippen LogP contribution in [0.5, 0.6) is 0 Å². The first kappa shape index (κ1) is 23.3. The average Bonchev–Trinajstić information content (AvgIpc) is 3.21. The van der Waals surface area contributed by atoms with Gasteiger partial charge < -0.3 is 0 Å². The molecule has 0 bridgehead atoms. The first-order valence-corrected chi connectivity index (χ1v) is 13.3. The second-order valence-electron chi connectivity index (χ2n) is 11.7. The van der Waals surface area contributed by atoms with Crippen LogP contribution >= 0.6 is 0 Å². The molecule has 0 heteroatoms. The molecule has 0 nitrogen and oxygen atoms in total. The lowest BCUT2D eigenvalue weighted by molar-refractivity contribution is 0.203. The third-order valence-electron chi connectivity index (χ3n) is 8.07. The molecule has 2 aromatic carbocycles. The highest BCUT2D eigenvalue weighted by Gasteiger charge is 2.31. The minimum absolute atomic E-state index is 0.203. The molecular formula is C32H44. The van der Waals surface area contributed by atoms with Crippen LogP contribution in [0.4, 0.5) is 0 Å². The number of fused-ring (bicyclic) bond motifs is 1. The highest BCUT2D eigenvalue weighted by molar-refractivity contribution is 5.81. The van der Waals surface area contributed by atoms with Crippen molar-refractivity contribution in [3.63, 3.8) is 0 Å². The first-order chi connectivity index (χ1) is 15.4. The molecule has 1 fully saturated rings. The fraction of sp³-hybridized carbons (Fsp3) is 0.562. The van der Waals surface area contributed by atoms with Crippen LogP contribution in [0.3, 0.4) is 0 Å². The van der Waals surface area contributed by atoms with Crippen LogP contribution in [-0.4, -0.2) is 0 Å². The van der Waals surface area contributed by atoms with Crippen LogP contribution in [0.15, 0.2) is 48.0 Å². The van der Waals surface area contributed by atoms with E-state index in [1.165, 1.54) is 98.4 Å². The smallest absolute Gasteiger partial charge is 0.00574 e. The molecule has 0 aliphatic heterocycles. The van der Waals surface area contributed by atoms with Gasteiger partial charge in [0.05, 0.1) is 0 Å². The fourth-order valence-electron chi connectivity index (χ4n) is 6.31. The maximum Gasteiger partial charge on any atom is -0.00574 e. The zero-order valence-corrected chi connectivity index (χ0v) is 21.1. The van der Waals surface area contributed by atoms with Crippen molar-refractivity contribution in [2.24, 2.45) is 5.41 Å². The lowest BCUT2D eigenvalue weighted by atomic mass is 9.70. The van der Waals surface area contributed by atoms with Gasteiger partial charge in [0.2, 0.25) is 0 Å². The zero-order chi connectivity index (χ0) is 22.6. The van der Waals surface area contributed by atoms with E-state index in [4.69, 9.17) is 0 Å². The summed E-state index contributed by atoms with van der Waals surface area (Å²) in [5, 5.41) is 0. The Hall–Kier alpha value is -1.82. The Bertz CT molecular complexity index is 910. The second kappa shape index (κ2) is 9.98. The maximum atomic E-state index is 2.58. The molecule has 2 aliphatic rings. The summed E-state index contributed by atoms with van der Waals surface area (Å²) in [6.45, 7) is 9.27. The molecule has 2 aromatic rings. The summed E-state index contributed by atoms with van der Waals surface area (Å²) >= 11 is 0. The van der Waals surface area contributed by atoms with Crippen molar-refractivity contribution in [1.82, 2.24) is 0 Å². The van der Waals surface area contributed by atoms with Gasteiger partial charge in [0.1, 0.15) is 0 Å². The monoisotopic (exact) mass is 428 g/mol. The quantitative estimate of drug-likeness (QED) is 0.444. The predicted molar refractivity (Wildman–Crippen MR) is 141 cm³/mol. The van der Waals surface area contributed by atoms with Gasteiger partial charge >= 0.3 is 0 Å². The number of benzene rings is 2. The van der Waals surface area contributed by atoms with E-state index in [0.717, 1.165) is 6.42 Å². The van der Waals surface area contributed by atoms with Gasteiger partial charge in [-0.2, -0.15) is 0 Å². The molecule has 0 unspecified atom stereocenters. The molecule has 172 valence electrons. The molecule has 0 aromatic heterocycles. The molecule has 0 amide bonds. The van der Waals surface area contributed by atoms with Crippen molar-refractivity contribution in [2.75, 3.05) is 0 Å². The molecule has 0 atom stereocenters. The summed E-state index contributed by atoms with van der Waals surface area (Å²) in [5.74, 6) is 0. The molecular weight excluding hydrogens is 384 g/mol. The Balaban J connectivity index is 1.59. The zero-order valence-electron chi connectivity index (χ0n) is 21.1. The summed E-state index contributed by atoms with van der Waals surface area (Å²) < 4.78 is 0. The van der Waals surface area contributed by atoms with E-state index in [9.17, 15) is 0 Å². The Morgan fingerprint density at radius 3 is 2.09 bits per heavy atom. The van der Waals surface area contributed by atoms with Gasteiger partial charge in [0.25, 0.3) is 0 Å². The fourth-order valence-corrected chi connectivity index (χ4v) is 6.31. The van der Waals surface area contributed by atoms with Crippen molar-refractivity contribution in [1.29, 1.82) is 0 Å². The SMILES string of the molecule is CCCC1(CC2=Cc3c(cccc3-c3ccc(C(C)(C)C)cc3)C2)CCCCCCCC1. The average molecular weight is 429 g/mol. The Kier molecular flexibility index (Phi) is 7.28. The molecule has 0 spiro atoms.